The fourth-order valence-corrected chi connectivity index (χ4v) is 9.06. The molecule has 2 aromatic heterocycles. The van der Waals surface area contributed by atoms with Crippen LogP contribution in [0.1, 0.15) is 0 Å². The first-order valence-corrected chi connectivity index (χ1v) is 20.1. The Morgan fingerprint density at radius 1 is 0.271 bits per heavy atom. The average Bonchev–Trinajstić information content (AvgIpc) is 3.88. The van der Waals surface area contributed by atoms with Crippen molar-refractivity contribution in [3.63, 3.8) is 0 Å². The molecule has 0 radical (unpaired) electrons. The van der Waals surface area contributed by atoms with Gasteiger partial charge in [0.05, 0.1) is 0 Å². The van der Waals surface area contributed by atoms with Crippen molar-refractivity contribution in [3.8, 4) is 33.4 Å². The van der Waals surface area contributed by atoms with Gasteiger partial charge < -0.3 is 13.7 Å². The van der Waals surface area contributed by atoms with E-state index in [1.807, 2.05) is 12.1 Å². The molecule has 276 valence electrons. The Bertz CT molecular complexity index is 3540. The summed E-state index contributed by atoms with van der Waals surface area (Å²) in [5.74, 6) is 0. The molecule has 0 aliphatic carbocycles. The van der Waals surface area contributed by atoms with E-state index in [0.29, 0.717) is 0 Å². The van der Waals surface area contributed by atoms with Crippen LogP contribution in [0.15, 0.2) is 221 Å². The van der Waals surface area contributed by atoms with Gasteiger partial charge in [0.2, 0.25) is 0 Å². The summed E-state index contributed by atoms with van der Waals surface area (Å²) < 4.78 is 13.2. The van der Waals surface area contributed by atoms with Gasteiger partial charge in [-0.15, -0.1) is 0 Å². The zero-order valence-corrected chi connectivity index (χ0v) is 32.0. The van der Waals surface area contributed by atoms with Gasteiger partial charge in [-0.3, -0.25) is 0 Å². The van der Waals surface area contributed by atoms with E-state index >= 15 is 0 Å². The molecule has 12 aromatic rings. The van der Waals surface area contributed by atoms with Crippen LogP contribution in [-0.2, 0) is 0 Å². The fraction of sp³-hybridized carbons (Fsp3) is 0. The van der Waals surface area contributed by atoms with Crippen LogP contribution in [0.3, 0.4) is 0 Å². The number of nitrogens with zero attached hydrogens (tertiary/aromatic N) is 1. The number of fused-ring (bicyclic) bond motifs is 9. The molecule has 0 aliphatic heterocycles. The predicted octanol–water partition coefficient (Wildman–Crippen LogP) is 16.3. The number of hydrogen-bond donors (Lipinski definition) is 0. The summed E-state index contributed by atoms with van der Waals surface area (Å²) in [7, 11) is 0. The highest BCUT2D eigenvalue weighted by Gasteiger charge is 2.19. The third-order valence-corrected chi connectivity index (χ3v) is 11.9. The molecule has 59 heavy (non-hydrogen) atoms. The van der Waals surface area contributed by atoms with E-state index in [9.17, 15) is 0 Å². The zero-order chi connectivity index (χ0) is 38.9. The summed E-state index contributed by atoms with van der Waals surface area (Å²) in [5.41, 5.74) is 13.7. The third-order valence-electron chi connectivity index (χ3n) is 11.9. The van der Waals surface area contributed by atoms with Gasteiger partial charge in [0, 0.05) is 55.6 Å². The molecule has 0 saturated carbocycles. The lowest BCUT2D eigenvalue weighted by Gasteiger charge is -2.25. The lowest BCUT2D eigenvalue weighted by Crippen LogP contribution is -2.09. The molecule has 0 aliphatic rings. The standard InChI is InChI=1S/C56H35NO2/c1-2-14-40(15-3-1)57(41-30-28-37(29-31-41)44-20-10-13-36-12-4-5-16-43(36)44)42-32-33-48-52-35-51(46-17-6-7-19-49(46)56(52)59-54(48)34-42)39-26-24-38(25-27-39)45-21-11-22-50-47-18-8-9-23-53(47)58-55(45)50/h1-35H. The first-order chi connectivity index (χ1) is 29.2. The monoisotopic (exact) mass is 753 g/mol. The molecule has 3 heteroatoms. The molecule has 0 atom stereocenters. The Hall–Kier alpha value is -7.88. The normalized spacial score (nSPS) is 11.7. The van der Waals surface area contributed by atoms with E-state index in [1.165, 1.54) is 27.5 Å². The van der Waals surface area contributed by atoms with Crippen molar-refractivity contribution in [1.82, 2.24) is 0 Å². The van der Waals surface area contributed by atoms with Crippen molar-refractivity contribution in [2.24, 2.45) is 0 Å². The Balaban J connectivity index is 0.951. The van der Waals surface area contributed by atoms with Crippen molar-refractivity contribution < 1.29 is 8.83 Å². The van der Waals surface area contributed by atoms with Gasteiger partial charge in [-0.2, -0.15) is 0 Å². The first kappa shape index (κ1) is 33.3. The number of rotatable bonds is 6. The number of anilines is 3. The second kappa shape index (κ2) is 13.4. The summed E-state index contributed by atoms with van der Waals surface area (Å²) in [6, 6.07) is 75.6. The minimum Gasteiger partial charge on any atom is -0.455 e. The zero-order valence-electron chi connectivity index (χ0n) is 32.0. The van der Waals surface area contributed by atoms with E-state index < -0.39 is 0 Å². The highest BCUT2D eigenvalue weighted by atomic mass is 16.3. The lowest BCUT2D eigenvalue weighted by atomic mass is 9.93. The summed E-state index contributed by atoms with van der Waals surface area (Å²) in [6.45, 7) is 0. The summed E-state index contributed by atoms with van der Waals surface area (Å²) in [6.07, 6.45) is 0. The molecule has 2 heterocycles. The van der Waals surface area contributed by atoms with Crippen molar-refractivity contribution in [1.29, 1.82) is 0 Å². The minimum atomic E-state index is 0.849. The largest absolute Gasteiger partial charge is 0.455 e. The highest BCUT2D eigenvalue weighted by Crippen LogP contribution is 2.44. The fourth-order valence-electron chi connectivity index (χ4n) is 9.06. The smallest absolute Gasteiger partial charge is 0.143 e. The third kappa shape index (κ3) is 5.44. The SMILES string of the molecule is c1ccc(N(c2ccc(-c3cccc4ccccc34)cc2)c2ccc3c(c2)oc2c4ccccc4c(-c4ccc(-c5cccc6c5oc5ccccc56)cc4)cc32)cc1. The van der Waals surface area contributed by atoms with Crippen LogP contribution in [0.4, 0.5) is 17.1 Å². The van der Waals surface area contributed by atoms with Gasteiger partial charge in [-0.05, 0) is 92.5 Å². The van der Waals surface area contributed by atoms with E-state index in [0.717, 1.165) is 88.4 Å². The second-order valence-corrected chi connectivity index (χ2v) is 15.2. The molecule has 0 spiro atoms. The highest BCUT2D eigenvalue weighted by molar-refractivity contribution is 6.19. The minimum absolute atomic E-state index is 0.849. The molecule has 0 fully saturated rings. The Labute approximate surface area is 340 Å². The quantitative estimate of drug-likeness (QED) is 0.169. The number of furan rings is 2. The molecule has 0 saturated heterocycles. The Kier molecular flexibility index (Phi) is 7.54. The molecule has 0 bridgehead atoms. The lowest BCUT2D eigenvalue weighted by molar-refractivity contribution is 0.670. The molecular formula is C56H35NO2. The van der Waals surface area contributed by atoms with Gasteiger partial charge in [0.25, 0.3) is 0 Å². The number of benzene rings is 10. The van der Waals surface area contributed by atoms with E-state index in [4.69, 9.17) is 8.83 Å². The van der Waals surface area contributed by atoms with Gasteiger partial charge >= 0.3 is 0 Å². The topological polar surface area (TPSA) is 29.5 Å². The predicted molar refractivity (Wildman–Crippen MR) is 247 cm³/mol. The summed E-state index contributed by atoms with van der Waals surface area (Å²) in [5, 5.41) is 9.20. The van der Waals surface area contributed by atoms with Crippen molar-refractivity contribution in [2.75, 3.05) is 4.90 Å². The van der Waals surface area contributed by atoms with Gasteiger partial charge in [-0.25, -0.2) is 0 Å². The van der Waals surface area contributed by atoms with Crippen LogP contribution in [0, 0.1) is 0 Å². The Morgan fingerprint density at radius 3 is 1.63 bits per heavy atom. The maximum atomic E-state index is 6.84. The maximum absolute atomic E-state index is 6.84. The molecule has 0 amide bonds. The summed E-state index contributed by atoms with van der Waals surface area (Å²) >= 11 is 0. The van der Waals surface area contributed by atoms with Gasteiger partial charge in [0.1, 0.15) is 22.3 Å². The van der Waals surface area contributed by atoms with E-state index in [1.54, 1.807) is 0 Å². The van der Waals surface area contributed by atoms with Gasteiger partial charge in [-0.1, -0.05) is 158 Å². The maximum Gasteiger partial charge on any atom is 0.143 e. The number of hydrogen-bond acceptors (Lipinski definition) is 3. The molecule has 0 N–H and O–H groups in total. The van der Waals surface area contributed by atoms with Crippen molar-refractivity contribution in [3.05, 3.63) is 212 Å². The first-order valence-electron chi connectivity index (χ1n) is 20.1. The van der Waals surface area contributed by atoms with Crippen LogP contribution in [0.25, 0.3) is 98.8 Å². The van der Waals surface area contributed by atoms with E-state index in [-0.39, 0.29) is 0 Å². The summed E-state index contributed by atoms with van der Waals surface area (Å²) in [4.78, 5) is 2.30. The molecule has 3 nitrogen and oxygen atoms in total. The van der Waals surface area contributed by atoms with Crippen LogP contribution in [0.5, 0.6) is 0 Å². The van der Waals surface area contributed by atoms with Gasteiger partial charge in [0.15, 0.2) is 0 Å². The second-order valence-electron chi connectivity index (χ2n) is 15.2. The molecule has 10 aromatic carbocycles. The van der Waals surface area contributed by atoms with Crippen LogP contribution in [-0.4, -0.2) is 0 Å². The molecule has 12 rings (SSSR count). The number of para-hydroxylation sites is 3. The van der Waals surface area contributed by atoms with Crippen molar-refractivity contribution >= 4 is 82.5 Å². The van der Waals surface area contributed by atoms with Crippen molar-refractivity contribution in [2.45, 2.75) is 0 Å². The van der Waals surface area contributed by atoms with Crippen LogP contribution < -0.4 is 4.90 Å². The van der Waals surface area contributed by atoms with Crippen LogP contribution in [0.2, 0.25) is 0 Å². The Morgan fingerprint density at radius 2 is 0.797 bits per heavy atom. The molecular weight excluding hydrogens is 719 g/mol. The van der Waals surface area contributed by atoms with Crippen LogP contribution >= 0.6 is 0 Å². The molecule has 0 unspecified atom stereocenters. The van der Waals surface area contributed by atoms with E-state index in [2.05, 4.69) is 205 Å². The average molecular weight is 754 g/mol.